The van der Waals surface area contributed by atoms with E-state index in [-0.39, 0.29) is 30.0 Å². The van der Waals surface area contributed by atoms with Gasteiger partial charge in [0.15, 0.2) is 5.82 Å². The Kier molecular flexibility index (Phi) is 6.44. The molecule has 0 unspecified atom stereocenters. The number of hydrazone groups is 1. The molecule has 24 heavy (non-hydrogen) atoms. The second-order valence-electron chi connectivity index (χ2n) is 6.86. The third-order valence-corrected chi connectivity index (χ3v) is 3.16. The highest BCUT2D eigenvalue weighted by Crippen LogP contribution is 2.17. The summed E-state index contributed by atoms with van der Waals surface area (Å²) >= 11 is 0. The zero-order valence-electron chi connectivity index (χ0n) is 14.8. The predicted octanol–water partition coefficient (Wildman–Crippen LogP) is 0.723. The van der Waals surface area contributed by atoms with Gasteiger partial charge in [-0.15, -0.1) is 5.10 Å². The molecule has 0 atom stereocenters. The van der Waals surface area contributed by atoms with E-state index in [1.165, 1.54) is 9.25 Å². The minimum absolute atomic E-state index is 0.0335. The molecule has 1 amide bonds. The van der Waals surface area contributed by atoms with Crippen molar-refractivity contribution >= 4 is 17.6 Å². The zero-order chi connectivity index (χ0) is 18.5. The predicted molar refractivity (Wildman–Crippen MR) is 88.8 cm³/mol. The molecule has 0 saturated carbocycles. The number of carboxylic acids is 1. The van der Waals surface area contributed by atoms with Gasteiger partial charge in [-0.25, -0.2) is 14.9 Å². The van der Waals surface area contributed by atoms with Crippen LogP contribution in [0.3, 0.4) is 0 Å². The molecule has 9 nitrogen and oxygen atoms in total. The summed E-state index contributed by atoms with van der Waals surface area (Å²) in [6, 6.07) is 0. The summed E-state index contributed by atoms with van der Waals surface area (Å²) in [4.78, 5) is 34.4. The summed E-state index contributed by atoms with van der Waals surface area (Å²) in [5, 5.41) is 16.8. The van der Waals surface area contributed by atoms with Crippen LogP contribution in [0.5, 0.6) is 0 Å². The number of carbonyl (C=O) groups excluding carboxylic acids is 1. The Morgan fingerprint density at radius 3 is 2.50 bits per heavy atom. The Balaban J connectivity index is 2.82. The van der Waals surface area contributed by atoms with Crippen molar-refractivity contribution in [3.63, 3.8) is 0 Å². The monoisotopic (exact) mass is 339 g/mol. The fourth-order valence-electron chi connectivity index (χ4n) is 2.05. The summed E-state index contributed by atoms with van der Waals surface area (Å²) in [5.74, 6) is -0.808. The number of aryl methyl sites for hydroxylation is 1. The van der Waals surface area contributed by atoms with Gasteiger partial charge in [0.25, 0.3) is 0 Å². The van der Waals surface area contributed by atoms with Gasteiger partial charge < -0.3 is 5.11 Å². The van der Waals surface area contributed by atoms with Crippen molar-refractivity contribution in [3.8, 4) is 0 Å². The number of aromatic nitrogens is 3. The Labute approximate surface area is 140 Å². The number of rotatable bonds is 7. The van der Waals surface area contributed by atoms with E-state index in [1.807, 2.05) is 20.8 Å². The molecule has 134 valence electrons. The first-order valence-corrected chi connectivity index (χ1v) is 7.70. The lowest BCUT2D eigenvalue weighted by Crippen LogP contribution is -2.26. The van der Waals surface area contributed by atoms with Gasteiger partial charge in [0.2, 0.25) is 5.91 Å². The fraction of sp³-hybridized carbons (Fsp3) is 0.667. The van der Waals surface area contributed by atoms with Crippen LogP contribution in [-0.2, 0) is 23.2 Å². The molecular formula is C15H25N5O4. The van der Waals surface area contributed by atoms with E-state index in [1.54, 1.807) is 14.0 Å². The van der Waals surface area contributed by atoms with E-state index >= 15 is 0 Å². The number of nitrogens with zero attached hydrogens (tertiary/aromatic N) is 4. The Morgan fingerprint density at radius 1 is 1.33 bits per heavy atom. The SMILES string of the molecule is C/C(=N/NC(=O)CC(C)(C)C)c1nn(CCCC(=O)O)c(=O)n1C. The van der Waals surface area contributed by atoms with Crippen LogP contribution in [0, 0.1) is 5.41 Å². The van der Waals surface area contributed by atoms with Crippen LogP contribution in [0.1, 0.15) is 52.8 Å². The van der Waals surface area contributed by atoms with Gasteiger partial charge in [0.05, 0.1) is 0 Å². The van der Waals surface area contributed by atoms with Crippen molar-refractivity contribution in [3.05, 3.63) is 16.3 Å². The standard InChI is InChI=1S/C15H25N5O4/c1-10(16-17-11(21)9-15(2,3)4)13-18-20(14(24)19(13)5)8-6-7-12(22)23/h6-9H2,1-5H3,(H,17,21)(H,22,23)/b16-10-. The second-order valence-corrected chi connectivity index (χ2v) is 6.86. The normalized spacial score (nSPS) is 12.3. The van der Waals surface area contributed by atoms with Gasteiger partial charge in [-0.2, -0.15) is 5.10 Å². The summed E-state index contributed by atoms with van der Waals surface area (Å²) in [7, 11) is 1.55. The second kappa shape index (κ2) is 7.89. The number of nitrogens with one attached hydrogen (secondary N) is 1. The van der Waals surface area contributed by atoms with Crippen LogP contribution in [0.2, 0.25) is 0 Å². The van der Waals surface area contributed by atoms with Gasteiger partial charge in [-0.1, -0.05) is 20.8 Å². The van der Waals surface area contributed by atoms with E-state index in [4.69, 9.17) is 5.11 Å². The first kappa shape index (κ1) is 19.6. The summed E-state index contributed by atoms with van der Waals surface area (Å²) in [5.41, 5.74) is 2.35. The molecule has 0 fully saturated rings. The van der Waals surface area contributed by atoms with Crippen LogP contribution >= 0.6 is 0 Å². The number of carbonyl (C=O) groups is 2. The van der Waals surface area contributed by atoms with Crippen LogP contribution < -0.4 is 11.1 Å². The topological polar surface area (TPSA) is 119 Å². The largest absolute Gasteiger partial charge is 0.481 e. The summed E-state index contributed by atoms with van der Waals surface area (Å²) < 4.78 is 2.52. The highest BCUT2D eigenvalue weighted by molar-refractivity contribution is 5.96. The van der Waals surface area contributed by atoms with Crippen molar-refractivity contribution in [1.82, 2.24) is 19.8 Å². The maximum absolute atomic E-state index is 12.1. The smallest absolute Gasteiger partial charge is 0.345 e. The van der Waals surface area contributed by atoms with E-state index in [2.05, 4.69) is 15.6 Å². The van der Waals surface area contributed by atoms with Crippen molar-refractivity contribution in [2.45, 2.75) is 53.5 Å². The molecule has 0 radical (unpaired) electrons. The Bertz CT molecular complexity index is 694. The van der Waals surface area contributed by atoms with Gasteiger partial charge in [-0.05, 0) is 18.8 Å². The fourth-order valence-corrected chi connectivity index (χ4v) is 2.05. The van der Waals surface area contributed by atoms with E-state index in [9.17, 15) is 14.4 Å². The Hall–Kier alpha value is -2.45. The third-order valence-electron chi connectivity index (χ3n) is 3.16. The van der Waals surface area contributed by atoms with Crippen LogP contribution in [0.25, 0.3) is 0 Å². The molecule has 1 aromatic heterocycles. The number of amides is 1. The first-order valence-electron chi connectivity index (χ1n) is 7.70. The maximum Gasteiger partial charge on any atom is 0.345 e. The van der Waals surface area contributed by atoms with Crippen molar-refractivity contribution in [2.24, 2.45) is 17.6 Å². The van der Waals surface area contributed by atoms with E-state index in [0.717, 1.165) is 0 Å². The highest BCUT2D eigenvalue weighted by atomic mass is 16.4. The molecule has 0 aliphatic carbocycles. The number of carboxylic acid groups (broad SMARTS) is 1. The molecule has 1 rings (SSSR count). The molecule has 0 aliphatic rings. The van der Waals surface area contributed by atoms with E-state index in [0.29, 0.717) is 24.4 Å². The van der Waals surface area contributed by atoms with Crippen LogP contribution in [0.4, 0.5) is 0 Å². The average molecular weight is 339 g/mol. The van der Waals surface area contributed by atoms with Gasteiger partial charge >= 0.3 is 11.7 Å². The molecule has 0 aromatic carbocycles. The zero-order valence-corrected chi connectivity index (χ0v) is 14.8. The average Bonchev–Trinajstić information content (AvgIpc) is 2.71. The maximum atomic E-state index is 12.1. The van der Waals surface area contributed by atoms with Crippen molar-refractivity contribution < 1.29 is 14.7 Å². The lowest BCUT2D eigenvalue weighted by Gasteiger charge is -2.15. The molecule has 0 saturated heterocycles. The van der Waals surface area contributed by atoms with Gasteiger partial charge in [0.1, 0.15) is 5.71 Å². The molecule has 1 aromatic rings. The molecular weight excluding hydrogens is 314 g/mol. The van der Waals surface area contributed by atoms with Crippen LogP contribution in [0.15, 0.2) is 9.90 Å². The molecule has 0 spiro atoms. The minimum Gasteiger partial charge on any atom is -0.481 e. The number of hydrogen-bond donors (Lipinski definition) is 2. The molecule has 1 heterocycles. The number of hydrogen-bond acceptors (Lipinski definition) is 5. The summed E-state index contributed by atoms with van der Waals surface area (Å²) in [6.45, 7) is 7.70. The number of aliphatic carboxylic acids is 1. The van der Waals surface area contributed by atoms with Crippen LogP contribution in [-0.4, -0.2) is 37.0 Å². The Morgan fingerprint density at radius 2 is 1.96 bits per heavy atom. The molecule has 2 N–H and O–H groups in total. The summed E-state index contributed by atoms with van der Waals surface area (Å²) in [6.07, 6.45) is 0.602. The molecule has 0 aliphatic heterocycles. The minimum atomic E-state index is -0.918. The first-order chi connectivity index (χ1) is 11.0. The highest BCUT2D eigenvalue weighted by Gasteiger charge is 2.17. The van der Waals surface area contributed by atoms with Crippen molar-refractivity contribution in [1.29, 1.82) is 0 Å². The quantitative estimate of drug-likeness (QED) is 0.560. The van der Waals surface area contributed by atoms with E-state index < -0.39 is 5.97 Å². The lowest BCUT2D eigenvalue weighted by atomic mass is 9.92. The van der Waals surface area contributed by atoms with Gasteiger partial charge in [0, 0.05) is 26.4 Å². The van der Waals surface area contributed by atoms with Gasteiger partial charge in [-0.3, -0.25) is 14.2 Å². The van der Waals surface area contributed by atoms with Crippen molar-refractivity contribution in [2.75, 3.05) is 0 Å². The third kappa shape index (κ3) is 5.98. The lowest BCUT2D eigenvalue weighted by molar-refractivity contribution is -0.137. The molecule has 0 bridgehead atoms. The molecule has 9 heteroatoms.